The predicted molar refractivity (Wildman–Crippen MR) is 94.9 cm³/mol. The molecule has 0 fully saturated rings. The molecule has 2 heteroatoms. The van der Waals surface area contributed by atoms with E-state index in [1.807, 2.05) is 7.11 Å². The highest BCUT2D eigenvalue weighted by Gasteiger charge is 2.34. The first-order valence-corrected chi connectivity index (χ1v) is 9.16. The smallest absolute Gasteiger partial charge is 0.122 e. The first-order valence-electron chi connectivity index (χ1n) is 9.16. The maximum Gasteiger partial charge on any atom is 0.122 e. The van der Waals surface area contributed by atoms with Crippen molar-refractivity contribution in [1.82, 2.24) is 4.90 Å². The van der Waals surface area contributed by atoms with Gasteiger partial charge in [0.1, 0.15) is 5.75 Å². The van der Waals surface area contributed by atoms with E-state index in [1.54, 1.807) is 0 Å². The average Bonchev–Trinajstić information content (AvgIpc) is 2.54. The molecule has 0 amide bonds. The minimum absolute atomic E-state index is 0.628. The lowest BCUT2D eigenvalue weighted by Gasteiger charge is -2.41. The van der Waals surface area contributed by atoms with Crippen molar-refractivity contribution in [2.45, 2.75) is 71.3 Å². The lowest BCUT2D eigenvalue weighted by Crippen LogP contribution is -2.43. The summed E-state index contributed by atoms with van der Waals surface area (Å²) in [4.78, 5) is 2.75. The number of nitrogens with zero attached hydrogens (tertiary/aromatic N) is 1. The van der Waals surface area contributed by atoms with Gasteiger partial charge in [0, 0.05) is 17.5 Å². The summed E-state index contributed by atoms with van der Waals surface area (Å²) >= 11 is 0. The van der Waals surface area contributed by atoms with Gasteiger partial charge in [0.2, 0.25) is 0 Å². The second-order valence-corrected chi connectivity index (χ2v) is 6.57. The highest BCUT2D eigenvalue weighted by Crippen LogP contribution is 2.42. The first-order chi connectivity index (χ1) is 10.8. The van der Waals surface area contributed by atoms with Crippen LogP contribution in [-0.4, -0.2) is 31.1 Å². The van der Waals surface area contributed by atoms with Crippen molar-refractivity contribution >= 4 is 0 Å². The number of rotatable bonds is 8. The fraction of sp³-hybridized carbons (Fsp3) is 0.700. The molecule has 0 bridgehead atoms. The van der Waals surface area contributed by atoms with Crippen LogP contribution in [0.4, 0.5) is 0 Å². The Balaban J connectivity index is 2.36. The minimum Gasteiger partial charge on any atom is -0.496 e. The van der Waals surface area contributed by atoms with Crippen molar-refractivity contribution in [1.29, 1.82) is 0 Å². The molecular formula is C20H33NO. The molecule has 2 rings (SSSR count). The van der Waals surface area contributed by atoms with Crippen molar-refractivity contribution in [2.24, 2.45) is 0 Å². The van der Waals surface area contributed by atoms with Gasteiger partial charge in [-0.1, -0.05) is 39.3 Å². The van der Waals surface area contributed by atoms with Crippen molar-refractivity contribution in [3.63, 3.8) is 0 Å². The first kappa shape index (κ1) is 17.3. The summed E-state index contributed by atoms with van der Waals surface area (Å²) < 4.78 is 5.72. The number of benzene rings is 1. The summed E-state index contributed by atoms with van der Waals surface area (Å²) in [5.74, 6) is 1.73. The Bertz CT molecular complexity index is 437. The monoisotopic (exact) mass is 303 g/mol. The van der Waals surface area contributed by atoms with Gasteiger partial charge in [-0.15, -0.1) is 0 Å². The van der Waals surface area contributed by atoms with Crippen molar-refractivity contribution in [3.05, 3.63) is 29.3 Å². The van der Waals surface area contributed by atoms with Gasteiger partial charge in [-0.2, -0.15) is 0 Å². The molecule has 2 nitrogen and oxygen atoms in total. The number of methoxy groups -OCH3 is 1. The van der Waals surface area contributed by atoms with E-state index >= 15 is 0 Å². The van der Waals surface area contributed by atoms with Crippen molar-refractivity contribution < 1.29 is 4.74 Å². The molecule has 124 valence electrons. The van der Waals surface area contributed by atoms with Crippen LogP contribution >= 0.6 is 0 Å². The topological polar surface area (TPSA) is 12.5 Å². The van der Waals surface area contributed by atoms with Crippen LogP contribution in [0.5, 0.6) is 5.75 Å². The van der Waals surface area contributed by atoms with Crippen LogP contribution in [0.15, 0.2) is 18.2 Å². The molecule has 1 aromatic carbocycles. The SMILES string of the molecule is CCC[C@@H]1c2c(cccc2OC)CC[C@@H]1N(CCC)CCC. The number of ether oxygens (including phenoxy) is 1. The van der Waals surface area contributed by atoms with E-state index in [2.05, 4.69) is 43.9 Å². The summed E-state index contributed by atoms with van der Waals surface area (Å²) in [6.45, 7) is 9.36. The number of hydrogen-bond acceptors (Lipinski definition) is 2. The second kappa shape index (κ2) is 8.57. The van der Waals surface area contributed by atoms with E-state index in [0.29, 0.717) is 12.0 Å². The molecule has 0 saturated carbocycles. The molecule has 0 radical (unpaired) electrons. The standard InChI is InChI=1S/C20H33NO/c1-5-9-17-18(21(14-6-2)15-7-3)13-12-16-10-8-11-19(22-4)20(16)17/h8,10-11,17-18H,5-7,9,12-15H2,1-4H3/t17-,18-/m0/s1. The van der Waals surface area contributed by atoms with Crippen LogP contribution in [0.1, 0.15) is 69.9 Å². The zero-order valence-corrected chi connectivity index (χ0v) is 14.9. The van der Waals surface area contributed by atoms with Crippen molar-refractivity contribution in [2.75, 3.05) is 20.2 Å². The van der Waals surface area contributed by atoms with Gasteiger partial charge < -0.3 is 4.74 Å². The average molecular weight is 303 g/mol. The van der Waals surface area contributed by atoms with E-state index in [-0.39, 0.29) is 0 Å². The Hall–Kier alpha value is -1.02. The minimum atomic E-state index is 0.628. The third kappa shape index (κ3) is 3.65. The molecule has 2 atom stereocenters. The Morgan fingerprint density at radius 3 is 2.41 bits per heavy atom. The van der Waals surface area contributed by atoms with Crippen LogP contribution in [0.3, 0.4) is 0 Å². The van der Waals surface area contributed by atoms with Crippen LogP contribution < -0.4 is 4.74 Å². The van der Waals surface area contributed by atoms with E-state index in [1.165, 1.54) is 62.7 Å². The molecule has 1 aromatic rings. The molecule has 0 unspecified atom stereocenters. The summed E-state index contributed by atoms with van der Waals surface area (Å²) in [6.07, 6.45) is 7.49. The zero-order valence-electron chi connectivity index (χ0n) is 14.9. The highest BCUT2D eigenvalue weighted by atomic mass is 16.5. The summed E-state index contributed by atoms with van der Waals surface area (Å²) in [5.41, 5.74) is 3.02. The lowest BCUT2D eigenvalue weighted by molar-refractivity contribution is 0.147. The predicted octanol–water partition coefficient (Wildman–Crippen LogP) is 5.02. The van der Waals surface area contributed by atoms with Gasteiger partial charge in [0.15, 0.2) is 0 Å². The lowest BCUT2D eigenvalue weighted by atomic mass is 9.75. The van der Waals surface area contributed by atoms with Gasteiger partial charge in [0.05, 0.1) is 7.11 Å². The Morgan fingerprint density at radius 2 is 1.82 bits per heavy atom. The summed E-state index contributed by atoms with van der Waals surface area (Å²) in [6, 6.07) is 7.29. The molecule has 0 N–H and O–H groups in total. The molecule has 0 spiro atoms. The van der Waals surface area contributed by atoms with Crippen LogP contribution in [0.2, 0.25) is 0 Å². The highest BCUT2D eigenvalue weighted by molar-refractivity contribution is 5.45. The molecular weight excluding hydrogens is 270 g/mol. The third-order valence-corrected chi connectivity index (χ3v) is 5.01. The van der Waals surface area contributed by atoms with E-state index < -0.39 is 0 Å². The molecule has 22 heavy (non-hydrogen) atoms. The van der Waals surface area contributed by atoms with Crippen molar-refractivity contribution in [3.8, 4) is 5.75 Å². The molecule has 0 saturated heterocycles. The largest absolute Gasteiger partial charge is 0.496 e. The maximum atomic E-state index is 5.72. The Morgan fingerprint density at radius 1 is 1.09 bits per heavy atom. The van der Waals surface area contributed by atoms with E-state index in [9.17, 15) is 0 Å². The van der Waals surface area contributed by atoms with Gasteiger partial charge in [-0.25, -0.2) is 0 Å². The number of fused-ring (bicyclic) bond motifs is 1. The number of hydrogen-bond donors (Lipinski definition) is 0. The van der Waals surface area contributed by atoms with Gasteiger partial charge >= 0.3 is 0 Å². The van der Waals surface area contributed by atoms with Crippen LogP contribution in [0.25, 0.3) is 0 Å². The van der Waals surface area contributed by atoms with Crippen LogP contribution in [-0.2, 0) is 6.42 Å². The van der Waals surface area contributed by atoms with Crippen LogP contribution in [0, 0.1) is 0 Å². The number of aryl methyl sites for hydroxylation is 1. The molecule has 0 heterocycles. The summed E-state index contributed by atoms with van der Waals surface area (Å²) in [7, 11) is 1.82. The van der Waals surface area contributed by atoms with E-state index in [0.717, 1.165) is 5.75 Å². The zero-order chi connectivity index (χ0) is 15.9. The third-order valence-electron chi connectivity index (χ3n) is 5.01. The molecule has 0 aromatic heterocycles. The van der Waals surface area contributed by atoms with E-state index in [4.69, 9.17) is 4.74 Å². The van der Waals surface area contributed by atoms with Gasteiger partial charge in [0.25, 0.3) is 0 Å². The Kier molecular flexibility index (Phi) is 6.75. The second-order valence-electron chi connectivity index (χ2n) is 6.57. The molecule has 0 aliphatic heterocycles. The molecule has 1 aliphatic rings. The normalized spacial score (nSPS) is 21.0. The fourth-order valence-electron chi connectivity index (χ4n) is 4.21. The molecule has 1 aliphatic carbocycles. The summed E-state index contributed by atoms with van der Waals surface area (Å²) in [5, 5.41) is 0. The van der Waals surface area contributed by atoms with Gasteiger partial charge in [-0.3, -0.25) is 4.90 Å². The quantitative estimate of drug-likeness (QED) is 0.669. The maximum absolute atomic E-state index is 5.72. The van der Waals surface area contributed by atoms with Gasteiger partial charge in [-0.05, 0) is 56.8 Å². The Labute approximate surface area is 136 Å². The fourth-order valence-corrected chi connectivity index (χ4v) is 4.21.